The van der Waals surface area contributed by atoms with E-state index < -0.39 is 83.6 Å². The van der Waals surface area contributed by atoms with Gasteiger partial charge in [-0.15, -0.1) is 0 Å². The predicted octanol–water partition coefficient (Wildman–Crippen LogP) is 10.5. The van der Waals surface area contributed by atoms with E-state index in [4.69, 9.17) is 82.2 Å². The van der Waals surface area contributed by atoms with Crippen molar-refractivity contribution in [2.75, 3.05) is 69.4 Å². The van der Waals surface area contributed by atoms with Crippen molar-refractivity contribution in [1.29, 1.82) is 0 Å². The molecule has 0 spiro atoms. The molecule has 8 aromatic rings. The summed E-state index contributed by atoms with van der Waals surface area (Å²) in [6.45, 7) is 3.15. The standard InChI is InChI=1S/C87H104Cl2N16O14S/c1-49(106)97-68(20-8-14-40-95-79-59-30-23-51(89)43-74(59)100-66-35-28-56(118-3)48-64(66)79)81(110)102-70(18-5-11-37-91)83(112)105-72(21-9-15-41-96-87(120)98-52-24-31-57(62(44-52)86(115)116)77-60-32-25-53(107)45-75(60)119-76-46-54(108)26-33-61(76)77)85(114)104-71(19-6-12-38-92)84(113)103-69(17-4-10-36-90)82(111)101-67(80(93)109)16-7-13-39-94-78-58-29-22-50(88)42-73(58)99-65-34-27-55(117-2)47-63(65)78/h22-35,42-48,67-72,107H,4-21,36-41,90-92H2,1-3H3,(H2,93,109)(H,94,99)(H,95,100)(H,97,106)(H,101,111)(H,102,110)(H,103,113)(H,104,114)(H,105,112)(H,115,116)(H2,96,98,120)/t67-,68-,69-,70-,71-,72-/m0/s1. The number of unbranched alkanes of at least 4 members (excludes halogenated alkanes) is 6. The summed E-state index contributed by atoms with van der Waals surface area (Å²) < 4.78 is 17.1. The summed E-state index contributed by atoms with van der Waals surface area (Å²) in [5, 5.41) is 56.2. The van der Waals surface area contributed by atoms with Gasteiger partial charge in [-0.05, 0) is 262 Å². The van der Waals surface area contributed by atoms with Gasteiger partial charge in [-0.2, -0.15) is 0 Å². The van der Waals surface area contributed by atoms with E-state index in [2.05, 4.69) is 53.2 Å². The van der Waals surface area contributed by atoms with Gasteiger partial charge in [0.25, 0.3) is 0 Å². The number of methoxy groups -OCH3 is 2. The second-order valence-corrected chi connectivity index (χ2v) is 30.8. The molecule has 0 bridgehead atoms. The van der Waals surface area contributed by atoms with Crippen molar-refractivity contribution in [1.82, 2.24) is 47.2 Å². The normalized spacial score (nSPS) is 12.9. The van der Waals surface area contributed by atoms with E-state index in [9.17, 15) is 43.8 Å². The molecule has 7 amide bonds. The molecule has 0 saturated heterocycles. The van der Waals surface area contributed by atoms with E-state index in [1.807, 2.05) is 48.5 Å². The number of ether oxygens (including phenoxy) is 2. The number of thiocarbonyl (C=S) groups is 1. The molecule has 0 saturated carbocycles. The number of carboxylic acid groups (broad SMARTS) is 1. The van der Waals surface area contributed by atoms with Gasteiger partial charge in [0.2, 0.25) is 41.4 Å². The summed E-state index contributed by atoms with van der Waals surface area (Å²) in [5.41, 5.74) is 29.5. The lowest BCUT2D eigenvalue weighted by Gasteiger charge is -2.28. The van der Waals surface area contributed by atoms with Crippen LogP contribution in [-0.2, 0) is 33.6 Å². The Hall–Kier alpha value is -11.7. The maximum absolute atomic E-state index is 15.2. The number of benzene rings is 7. The third kappa shape index (κ3) is 24.7. The Morgan fingerprint density at radius 1 is 0.475 bits per heavy atom. The Bertz CT molecular complexity index is 5390. The molecule has 3 heterocycles. The number of nitrogens with one attached hydrogen (secondary N) is 10. The van der Waals surface area contributed by atoms with Gasteiger partial charge in [0.05, 0.1) is 53.2 Å². The smallest absolute Gasteiger partial charge is 0.336 e. The fourth-order valence-electron chi connectivity index (χ4n) is 14.5. The average Bonchev–Trinajstić information content (AvgIpc) is 0.752. The van der Waals surface area contributed by atoms with Crippen LogP contribution in [-0.4, -0.2) is 162 Å². The first kappa shape index (κ1) is 90.6. The topological polar surface area (TPSA) is 476 Å². The van der Waals surface area contributed by atoms with Gasteiger partial charge in [-0.3, -0.25) is 38.4 Å². The molecule has 30 nitrogen and oxygen atoms in total. The monoisotopic (exact) mass is 1700 g/mol. The number of hydrogen-bond donors (Lipinski definition) is 16. The van der Waals surface area contributed by atoms with Crippen LogP contribution in [0.5, 0.6) is 17.2 Å². The Morgan fingerprint density at radius 2 is 0.908 bits per heavy atom. The zero-order chi connectivity index (χ0) is 85.9. The van der Waals surface area contributed by atoms with Gasteiger partial charge in [0.1, 0.15) is 64.8 Å². The minimum absolute atomic E-state index is 0.0351. The highest BCUT2D eigenvalue weighted by atomic mass is 35.5. The SMILES string of the molecule is COc1ccc2nc3cc(Cl)ccc3c(NCCCC[C@H](NC(=O)[C@H](CCCCN)NC(=O)[C@H](CCCCN)NC(=O)[C@H](CCCCNC(=S)Nc3ccc(-c4c5ccc(=O)cc-5oc5cc(O)ccc45)c(C(=O)O)c3)NC(=O)[C@H](CCCCN)NC(=O)[C@H](CCCCNc3c4ccc(Cl)cc4nc4ccc(OC)cc34)NC(C)=O)C(N)=O)c2c1. The van der Waals surface area contributed by atoms with Crippen molar-refractivity contribution < 1.29 is 62.5 Å². The Kier molecular flexibility index (Phi) is 33.5. The number of carbonyl (C=O) groups excluding carboxylic acids is 7. The van der Waals surface area contributed by atoms with Crippen LogP contribution in [0, 0.1) is 0 Å². The van der Waals surface area contributed by atoms with Gasteiger partial charge in [0, 0.05) is 92.5 Å². The Morgan fingerprint density at radius 3 is 1.36 bits per heavy atom. The number of aromatic nitrogens is 2. The van der Waals surface area contributed by atoms with Crippen LogP contribution in [0.15, 0.2) is 137 Å². The maximum atomic E-state index is 15.2. The van der Waals surface area contributed by atoms with Crippen molar-refractivity contribution in [3.63, 3.8) is 0 Å². The average molecular weight is 1700 g/mol. The summed E-state index contributed by atoms with van der Waals surface area (Å²) in [6.07, 6.45) is 5.44. The molecule has 20 N–H and O–H groups in total. The van der Waals surface area contributed by atoms with Crippen LogP contribution >= 0.6 is 35.4 Å². The molecular formula is C87H104Cl2N16O14S. The van der Waals surface area contributed by atoms with Crippen LogP contribution in [0.3, 0.4) is 0 Å². The highest BCUT2D eigenvalue weighted by Crippen LogP contribution is 2.43. The zero-order valence-corrected chi connectivity index (χ0v) is 69.5. The molecule has 1 aliphatic carbocycles. The first-order valence-electron chi connectivity index (χ1n) is 40.3. The lowest BCUT2D eigenvalue weighted by molar-refractivity contribution is -0.135. The number of fused-ring (bicyclic) bond motifs is 6. The number of rotatable bonds is 46. The number of pyridine rings is 2. The first-order chi connectivity index (χ1) is 57.9. The summed E-state index contributed by atoms with van der Waals surface area (Å²) in [6, 6.07) is 27.9. The molecule has 1 aliphatic heterocycles. The van der Waals surface area contributed by atoms with Gasteiger partial charge in [-0.25, -0.2) is 14.8 Å². The molecule has 10 rings (SSSR count). The number of phenols is 1. The van der Waals surface area contributed by atoms with Crippen molar-refractivity contribution in [3.05, 3.63) is 153 Å². The fourth-order valence-corrected chi connectivity index (χ4v) is 15.1. The molecule has 6 atom stereocenters. The number of nitrogens with zero attached hydrogens (tertiary/aromatic N) is 2. The van der Waals surface area contributed by atoms with E-state index in [0.29, 0.717) is 144 Å². The van der Waals surface area contributed by atoms with E-state index >= 15 is 9.59 Å². The summed E-state index contributed by atoms with van der Waals surface area (Å²) in [7, 11) is 3.16. The van der Waals surface area contributed by atoms with E-state index in [-0.39, 0.29) is 110 Å². The van der Waals surface area contributed by atoms with Crippen molar-refractivity contribution >= 4 is 159 Å². The number of phenolic OH excluding ortho intramolecular Hbond substituents is 1. The predicted molar refractivity (Wildman–Crippen MR) is 473 cm³/mol. The molecule has 0 fully saturated rings. The van der Waals surface area contributed by atoms with E-state index in [1.54, 1.807) is 62.8 Å². The molecule has 120 heavy (non-hydrogen) atoms. The summed E-state index contributed by atoms with van der Waals surface area (Å²) >= 11 is 18.5. The maximum Gasteiger partial charge on any atom is 0.336 e. The minimum atomic E-state index is -1.37. The van der Waals surface area contributed by atoms with Gasteiger partial charge in [0.15, 0.2) is 10.5 Å². The molecule has 0 unspecified atom stereocenters. The van der Waals surface area contributed by atoms with Crippen LogP contribution < -0.4 is 91.0 Å². The largest absolute Gasteiger partial charge is 0.508 e. The van der Waals surface area contributed by atoms with Crippen molar-refractivity contribution in [2.24, 2.45) is 22.9 Å². The van der Waals surface area contributed by atoms with Gasteiger partial charge < -0.3 is 100 Å². The zero-order valence-electron chi connectivity index (χ0n) is 67.2. The molecule has 636 valence electrons. The lowest BCUT2D eigenvalue weighted by atomic mass is 9.90. The number of hydrogen-bond acceptors (Lipinski definition) is 21. The van der Waals surface area contributed by atoms with Crippen molar-refractivity contribution in [2.45, 2.75) is 159 Å². The first-order valence-corrected chi connectivity index (χ1v) is 41.5. The Balaban J connectivity index is 0.838. The number of aromatic hydroxyl groups is 1. The van der Waals surface area contributed by atoms with Crippen LogP contribution in [0.25, 0.3) is 77.0 Å². The number of primary amides is 1. The number of carboxylic acids is 1. The van der Waals surface area contributed by atoms with E-state index in [0.717, 1.165) is 38.4 Å². The third-order valence-electron chi connectivity index (χ3n) is 20.7. The van der Waals surface area contributed by atoms with E-state index in [1.165, 1.54) is 37.3 Å². The lowest BCUT2D eigenvalue weighted by Crippen LogP contribution is -2.59. The number of nitrogens with two attached hydrogens (primary N) is 4. The number of amides is 7. The summed E-state index contributed by atoms with van der Waals surface area (Å²) in [5.74, 6) is -4.84. The summed E-state index contributed by atoms with van der Waals surface area (Å²) in [4.78, 5) is 135. The highest BCUT2D eigenvalue weighted by molar-refractivity contribution is 7.80. The number of carbonyl (C=O) groups is 8. The fraction of sp³-hybridized carbons (Fsp3) is 0.379. The van der Waals surface area contributed by atoms with Crippen molar-refractivity contribution in [3.8, 4) is 39.7 Å². The van der Waals surface area contributed by atoms with Crippen LogP contribution in [0.1, 0.15) is 133 Å². The molecule has 2 aromatic heterocycles. The van der Waals surface area contributed by atoms with Crippen LogP contribution in [0.2, 0.25) is 10.0 Å². The van der Waals surface area contributed by atoms with Gasteiger partial charge >= 0.3 is 5.97 Å². The number of aromatic carboxylic acids is 1. The molecule has 6 aromatic carbocycles. The highest BCUT2D eigenvalue weighted by Gasteiger charge is 2.34. The minimum Gasteiger partial charge on any atom is -0.508 e. The molecule has 2 aliphatic rings. The Labute approximate surface area is 709 Å². The quantitative estimate of drug-likeness (QED) is 0.00957. The van der Waals surface area contributed by atoms with Crippen LogP contribution in [0.4, 0.5) is 17.1 Å². The molecule has 0 radical (unpaired) electrons. The second-order valence-electron chi connectivity index (χ2n) is 29.5. The second kappa shape index (κ2) is 44.3. The number of anilines is 3. The van der Waals surface area contributed by atoms with Gasteiger partial charge in [-0.1, -0.05) is 29.3 Å². The molecular weight excluding hydrogens is 1600 g/mol. The number of halogens is 2. The third-order valence-corrected chi connectivity index (χ3v) is 21.4. The molecule has 33 heteroatoms.